The molecule has 0 radical (unpaired) electrons. The lowest BCUT2D eigenvalue weighted by atomic mass is 10.0. The molecule has 0 atom stereocenters. The molecular weight excluding hydrogens is 440 g/mol. The average Bonchev–Trinajstić information content (AvgIpc) is 2.88. The van der Waals surface area contributed by atoms with E-state index in [-0.39, 0.29) is 12.5 Å². The lowest BCUT2D eigenvalue weighted by Crippen LogP contribution is -2.38. The zero-order valence-corrected chi connectivity index (χ0v) is 20.2. The molecule has 0 aliphatic carbocycles. The van der Waals surface area contributed by atoms with Crippen molar-refractivity contribution in [3.05, 3.63) is 88.7 Å². The van der Waals surface area contributed by atoms with Gasteiger partial charge in [-0.25, -0.2) is 9.97 Å². The highest BCUT2D eigenvalue weighted by Crippen LogP contribution is 2.23. The van der Waals surface area contributed by atoms with Crippen LogP contribution in [0.4, 0.5) is 5.95 Å². The van der Waals surface area contributed by atoms with E-state index in [9.17, 15) is 14.7 Å². The standard InChI is InChI=1S/C28H32N4O3/c1-2-9-25-24(18-29-28(30-25)32-17-15-22-13-6-7-14-23(22)19-32)27(35)31(20-26(33)34)16-8-12-21-10-4-3-5-11-21/h3-7,10-11,13-14,18H,2,8-9,12,15-17,19-20H2,1H3,(H,33,34). The van der Waals surface area contributed by atoms with E-state index in [4.69, 9.17) is 4.98 Å². The summed E-state index contributed by atoms with van der Waals surface area (Å²) < 4.78 is 0. The maximum atomic E-state index is 13.4. The number of carboxylic acids is 1. The van der Waals surface area contributed by atoms with Crippen molar-refractivity contribution >= 4 is 17.8 Å². The summed E-state index contributed by atoms with van der Waals surface area (Å²) in [6.45, 7) is 3.61. The number of aromatic nitrogens is 2. The van der Waals surface area contributed by atoms with Gasteiger partial charge >= 0.3 is 5.97 Å². The molecule has 1 aromatic heterocycles. The predicted molar refractivity (Wildman–Crippen MR) is 136 cm³/mol. The van der Waals surface area contributed by atoms with Crippen LogP contribution in [0.15, 0.2) is 60.8 Å². The fourth-order valence-electron chi connectivity index (χ4n) is 4.54. The number of rotatable bonds is 10. The van der Waals surface area contributed by atoms with Crippen LogP contribution in [0.5, 0.6) is 0 Å². The summed E-state index contributed by atoms with van der Waals surface area (Å²) in [4.78, 5) is 37.8. The number of carbonyl (C=O) groups excluding carboxylic acids is 1. The van der Waals surface area contributed by atoms with Gasteiger partial charge in [-0.2, -0.15) is 0 Å². The predicted octanol–water partition coefficient (Wildman–Crippen LogP) is 4.15. The van der Waals surface area contributed by atoms with Gasteiger partial charge in [0.25, 0.3) is 5.91 Å². The Morgan fingerprint density at radius 1 is 1.03 bits per heavy atom. The molecule has 2 aromatic carbocycles. The first-order valence-corrected chi connectivity index (χ1v) is 12.3. The lowest BCUT2D eigenvalue weighted by molar-refractivity contribution is -0.137. The maximum Gasteiger partial charge on any atom is 0.323 e. The first-order chi connectivity index (χ1) is 17.0. The number of hydrogen-bond acceptors (Lipinski definition) is 5. The molecule has 0 bridgehead atoms. The summed E-state index contributed by atoms with van der Waals surface area (Å²) in [5.41, 5.74) is 4.86. The summed E-state index contributed by atoms with van der Waals surface area (Å²) >= 11 is 0. The van der Waals surface area contributed by atoms with E-state index in [2.05, 4.69) is 28.1 Å². The molecule has 3 aromatic rings. The normalized spacial score (nSPS) is 12.8. The van der Waals surface area contributed by atoms with E-state index in [0.717, 1.165) is 37.9 Å². The van der Waals surface area contributed by atoms with Crippen LogP contribution in [0.1, 0.15) is 52.5 Å². The van der Waals surface area contributed by atoms with Crippen molar-refractivity contribution in [1.29, 1.82) is 0 Å². The second kappa shape index (κ2) is 11.6. The molecular formula is C28H32N4O3. The van der Waals surface area contributed by atoms with Gasteiger partial charge in [0.15, 0.2) is 0 Å². The van der Waals surface area contributed by atoms with Gasteiger partial charge in [0, 0.05) is 25.8 Å². The number of fused-ring (bicyclic) bond motifs is 1. The lowest BCUT2D eigenvalue weighted by Gasteiger charge is -2.29. The highest BCUT2D eigenvalue weighted by molar-refractivity contribution is 5.96. The van der Waals surface area contributed by atoms with Crippen molar-refractivity contribution in [3.63, 3.8) is 0 Å². The number of carboxylic acid groups (broad SMARTS) is 1. The third-order valence-corrected chi connectivity index (χ3v) is 6.34. The van der Waals surface area contributed by atoms with Crippen molar-refractivity contribution in [2.24, 2.45) is 0 Å². The van der Waals surface area contributed by atoms with Crippen LogP contribution in [0, 0.1) is 0 Å². The molecule has 35 heavy (non-hydrogen) atoms. The molecule has 0 fully saturated rings. The fourth-order valence-corrected chi connectivity index (χ4v) is 4.54. The smallest absolute Gasteiger partial charge is 0.323 e. The van der Waals surface area contributed by atoms with E-state index in [0.29, 0.717) is 36.6 Å². The Morgan fingerprint density at radius 3 is 2.51 bits per heavy atom. The molecule has 2 heterocycles. The van der Waals surface area contributed by atoms with Crippen LogP contribution in [0.3, 0.4) is 0 Å². The monoisotopic (exact) mass is 472 g/mol. The topological polar surface area (TPSA) is 86.6 Å². The Balaban J connectivity index is 1.51. The molecule has 7 heteroatoms. The van der Waals surface area contributed by atoms with Crippen LogP contribution in [0.2, 0.25) is 0 Å². The van der Waals surface area contributed by atoms with Gasteiger partial charge in [-0.15, -0.1) is 0 Å². The molecule has 1 N–H and O–H groups in total. The van der Waals surface area contributed by atoms with Crippen LogP contribution >= 0.6 is 0 Å². The van der Waals surface area contributed by atoms with Crippen molar-refractivity contribution in [2.75, 3.05) is 24.5 Å². The molecule has 7 nitrogen and oxygen atoms in total. The van der Waals surface area contributed by atoms with Gasteiger partial charge in [-0.1, -0.05) is 67.9 Å². The molecule has 182 valence electrons. The van der Waals surface area contributed by atoms with Crippen LogP contribution in [0.25, 0.3) is 0 Å². The van der Waals surface area contributed by atoms with Crippen LogP contribution in [-0.2, 0) is 30.6 Å². The number of carbonyl (C=O) groups is 2. The Morgan fingerprint density at radius 2 is 1.77 bits per heavy atom. The molecule has 0 unspecified atom stereocenters. The molecule has 0 saturated heterocycles. The van der Waals surface area contributed by atoms with E-state index in [1.54, 1.807) is 6.20 Å². The highest BCUT2D eigenvalue weighted by Gasteiger charge is 2.24. The molecule has 1 amide bonds. The molecule has 0 saturated carbocycles. The molecule has 0 spiro atoms. The van der Waals surface area contributed by atoms with Gasteiger partial charge in [-0.3, -0.25) is 9.59 Å². The Labute approximate surface area is 206 Å². The number of aryl methyl sites for hydroxylation is 2. The van der Waals surface area contributed by atoms with Crippen LogP contribution < -0.4 is 4.90 Å². The fraction of sp³-hybridized carbons (Fsp3) is 0.357. The van der Waals surface area contributed by atoms with Crippen LogP contribution in [-0.4, -0.2) is 51.5 Å². The summed E-state index contributed by atoms with van der Waals surface area (Å²) in [6, 6.07) is 18.4. The minimum atomic E-state index is -1.03. The van der Waals surface area contributed by atoms with E-state index < -0.39 is 5.97 Å². The van der Waals surface area contributed by atoms with E-state index in [1.807, 2.05) is 43.3 Å². The number of hydrogen-bond donors (Lipinski definition) is 1. The molecule has 1 aliphatic rings. The third kappa shape index (κ3) is 6.23. The number of amides is 1. The van der Waals surface area contributed by atoms with Crippen molar-refractivity contribution in [2.45, 2.75) is 45.6 Å². The number of aliphatic carboxylic acids is 1. The molecule has 4 rings (SSSR count). The third-order valence-electron chi connectivity index (χ3n) is 6.34. The molecule has 1 aliphatic heterocycles. The summed E-state index contributed by atoms with van der Waals surface area (Å²) in [6.07, 6.45) is 5.42. The first-order valence-electron chi connectivity index (χ1n) is 12.3. The first kappa shape index (κ1) is 24.4. The minimum Gasteiger partial charge on any atom is -0.480 e. The Bertz CT molecular complexity index is 1170. The SMILES string of the molecule is CCCc1nc(N2CCc3ccccc3C2)ncc1C(=O)N(CCCc1ccccc1)CC(=O)O. The van der Waals surface area contributed by atoms with E-state index in [1.165, 1.54) is 16.0 Å². The summed E-state index contributed by atoms with van der Waals surface area (Å²) in [7, 11) is 0. The van der Waals surface area contributed by atoms with Gasteiger partial charge < -0.3 is 14.9 Å². The average molecular weight is 473 g/mol. The number of nitrogens with zero attached hydrogens (tertiary/aromatic N) is 4. The zero-order valence-electron chi connectivity index (χ0n) is 20.2. The van der Waals surface area contributed by atoms with Gasteiger partial charge in [0.2, 0.25) is 5.95 Å². The maximum absolute atomic E-state index is 13.4. The van der Waals surface area contributed by atoms with Crippen molar-refractivity contribution in [3.8, 4) is 0 Å². The van der Waals surface area contributed by atoms with Crippen molar-refractivity contribution < 1.29 is 14.7 Å². The summed E-state index contributed by atoms with van der Waals surface area (Å²) in [5, 5.41) is 9.43. The largest absolute Gasteiger partial charge is 0.480 e. The second-order valence-corrected chi connectivity index (χ2v) is 8.93. The van der Waals surface area contributed by atoms with Gasteiger partial charge in [-0.05, 0) is 42.4 Å². The zero-order chi connectivity index (χ0) is 24.6. The second-order valence-electron chi connectivity index (χ2n) is 8.93. The Kier molecular flexibility index (Phi) is 8.08. The minimum absolute atomic E-state index is 0.320. The van der Waals surface area contributed by atoms with Gasteiger partial charge in [0.1, 0.15) is 6.54 Å². The summed E-state index contributed by atoms with van der Waals surface area (Å²) in [5.74, 6) is -0.729. The van der Waals surface area contributed by atoms with E-state index >= 15 is 0 Å². The highest BCUT2D eigenvalue weighted by atomic mass is 16.4. The number of benzene rings is 2. The Hall–Kier alpha value is -3.74. The van der Waals surface area contributed by atoms with Crippen molar-refractivity contribution in [1.82, 2.24) is 14.9 Å². The van der Waals surface area contributed by atoms with Gasteiger partial charge in [0.05, 0.1) is 11.3 Å². The quantitative estimate of drug-likeness (QED) is 0.477. The number of anilines is 1.